The zero-order valence-electron chi connectivity index (χ0n) is 22.7. The summed E-state index contributed by atoms with van der Waals surface area (Å²) in [6.45, 7) is 4.43. The Bertz CT molecular complexity index is 1300. The summed E-state index contributed by atoms with van der Waals surface area (Å²) in [5, 5.41) is 8.45. The topological polar surface area (TPSA) is 87.2 Å². The van der Waals surface area contributed by atoms with E-state index in [1.165, 1.54) is 11.8 Å². The van der Waals surface area contributed by atoms with Crippen molar-refractivity contribution in [2.75, 3.05) is 13.6 Å². The van der Waals surface area contributed by atoms with E-state index in [1.54, 1.807) is 7.05 Å². The Morgan fingerprint density at radius 2 is 1.74 bits per heavy atom. The second-order valence-electron chi connectivity index (χ2n) is 10.8. The van der Waals surface area contributed by atoms with E-state index >= 15 is 0 Å². The van der Waals surface area contributed by atoms with Crippen LogP contribution >= 0.6 is 0 Å². The van der Waals surface area contributed by atoms with Gasteiger partial charge in [-0.3, -0.25) is 9.59 Å². The summed E-state index contributed by atoms with van der Waals surface area (Å²) in [7, 11) is 1.77. The Balaban J connectivity index is 1.46. The number of carbonyl (C=O) groups is 2. The van der Waals surface area contributed by atoms with E-state index in [4.69, 9.17) is 9.97 Å². The molecule has 0 radical (unpaired) electrons. The summed E-state index contributed by atoms with van der Waals surface area (Å²) in [6, 6.07) is 15.7. The Labute approximate surface area is 225 Å². The highest BCUT2D eigenvalue weighted by Crippen LogP contribution is 2.36. The molecule has 0 spiro atoms. The van der Waals surface area contributed by atoms with Crippen molar-refractivity contribution in [1.82, 2.24) is 25.5 Å². The molecule has 1 aromatic heterocycles. The third-order valence-electron chi connectivity index (χ3n) is 8.31. The smallest absolute Gasteiger partial charge is 0.246 e. The van der Waals surface area contributed by atoms with Crippen LogP contribution in [0.3, 0.4) is 0 Å². The number of hydrogen-bond donors (Lipinski definition) is 2. The van der Waals surface area contributed by atoms with Gasteiger partial charge in [0.05, 0.1) is 23.5 Å². The summed E-state index contributed by atoms with van der Waals surface area (Å²) in [5.41, 5.74) is 2.83. The van der Waals surface area contributed by atoms with Gasteiger partial charge < -0.3 is 15.5 Å². The van der Waals surface area contributed by atoms with Gasteiger partial charge in [-0.1, -0.05) is 61.7 Å². The number of likely N-dealkylation sites (tertiary alicyclic amines) is 1. The molecule has 2 fully saturated rings. The minimum Gasteiger partial charge on any atom is -0.343 e. The van der Waals surface area contributed by atoms with Gasteiger partial charge in [-0.2, -0.15) is 0 Å². The fraction of sp³-hybridized carbons (Fsp3) is 0.484. The number of hydrogen-bond acceptors (Lipinski definition) is 5. The van der Waals surface area contributed by atoms with Crippen LogP contribution in [0.1, 0.15) is 69.4 Å². The number of carbonyl (C=O) groups excluding carboxylic acids is 2. The predicted molar refractivity (Wildman–Crippen MR) is 150 cm³/mol. The molecule has 2 aliphatic rings. The average molecular weight is 514 g/mol. The summed E-state index contributed by atoms with van der Waals surface area (Å²) >= 11 is 0. The van der Waals surface area contributed by atoms with E-state index in [1.807, 2.05) is 30.9 Å². The van der Waals surface area contributed by atoms with Crippen LogP contribution in [0.15, 0.2) is 48.5 Å². The maximum absolute atomic E-state index is 14.1. The first-order chi connectivity index (χ1) is 18.5. The molecule has 0 bridgehead atoms. The summed E-state index contributed by atoms with van der Waals surface area (Å²) < 4.78 is 0. The molecule has 7 heteroatoms. The third kappa shape index (κ3) is 5.44. The first kappa shape index (κ1) is 26.3. The third-order valence-corrected chi connectivity index (χ3v) is 8.31. The van der Waals surface area contributed by atoms with Crippen molar-refractivity contribution in [3.05, 3.63) is 60.0 Å². The van der Waals surface area contributed by atoms with Gasteiger partial charge in [-0.05, 0) is 69.3 Å². The van der Waals surface area contributed by atoms with Crippen LogP contribution in [0.5, 0.6) is 0 Å². The number of nitrogens with zero attached hydrogens (tertiary/aromatic N) is 3. The lowest BCUT2D eigenvalue weighted by Crippen LogP contribution is -2.55. The highest BCUT2D eigenvalue weighted by Gasteiger charge is 2.39. The van der Waals surface area contributed by atoms with Crippen LogP contribution in [0.4, 0.5) is 0 Å². The lowest BCUT2D eigenvalue weighted by molar-refractivity contribution is -0.139. The number of likely N-dealkylation sites (N-methyl/N-ethyl adjacent to an activating group) is 1. The van der Waals surface area contributed by atoms with E-state index in [-0.39, 0.29) is 29.8 Å². The highest BCUT2D eigenvalue weighted by molar-refractivity contribution is 5.96. The van der Waals surface area contributed by atoms with Gasteiger partial charge in [-0.25, -0.2) is 9.97 Å². The minimum atomic E-state index is -0.500. The van der Waals surface area contributed by atoms with Gasteiger partial charge in [0.1, 0.15) is 11.9 Å². The lowest BCUT2D eigenvalue weighted by Gasteiger charge is -2.35. The number of amides is 2. The molecule has 38 heavy (non-hydrogen) atoms. The maximum atomic E-state index is 14.1. The molecule has 5 rings (SSSR count). The Kier molecular flexibility index (Phi) is 8.03. The molecule has 2 amide bonds. The Morgan fingerprint density at radius 1 is 0.974 bits per heavy atom. The van der Waals surface area contributed by atoms with Gasteiger partial charge in [0.2, 0.25) is 11.8 Å². The Hall–Kier alpha value is -3.32. The molecule has 2 aromatic carbocycles. The molecule has 2 heterocycles. The van der Waals surface area contributed by atoms with Crippen molar-refractivity contribution in [3.8, 4) is 11.3 Å². The molecule has 3 atom stereocenters. The lowest BCUT2D eigenvalue weighted by atomic mass is 9.83. The highest BCUT2D eigenvalue weighted by atomic mass is 16.2. The number of rotatable bonds is 7. The van der Waals surface area contributed by atoms with Crippen molar-refractivity contribution in [2.45, 2.75) is 76.9 Å². The van der Waals surface area contributed by atoms with Crippen LogP contribution in [0.25, 0.3) is 22.0 Å². The van der Waals surface area contributed by atoms with E-state index < -0.39 is 6.04 Å². The summed E-state index contributed by atoms with van der Waals surface area (Å²) in [4.78, 5) is 38.6. The van der Waals surface area contributed by atoms with Crippen molar-refractivity contribution in [2.24, 2.45) is 5.92 Å². The zero-order valence-corrected chi connectivity index (χ0v) is 22.7. The molecular weight excluding hydrogens is 474 g/mol. The normalized spacial score (nSPS) is 19.9. The molecule has 2 N–H and O–H groups in total. The molecule has 0 unspecified atom stereocenters. The Morgan fingerprint density at radius 3 is 2.53 bits per heavy atom. The first-order valence-corrected chi connectivity index (χ1v) is 14.1. The standard InChI is InChI=1S/C31H39N5O2/c1-20(32-3)30(37)35-29(23-12-5-4-6-13-23)31(38)36-18-10-17-28(36)27-19-26(33-21(2)34-27)25-16-9-14-22-11-7-8-15-24(22)25/h7-9,11,14-16,19-20,23,28-29,32H,4-6,10,12-13,17-18H2,1-3H3,(H,35,37)/t20-,28-,29-/m0/s1. The number of aromatic nitrogens is 2. The fourth-order valence-corrected chi connectivity index (χ4v) is 6.12. The number of aryl methyl sites for hydroxylation is 1. The molecule has 7 nitrogen and oxygen atoms in total. The maximum Gasteiger partial charge on any atom is 0.246 e. The molecule has 1 saturated heterocycles. The molecule has 200 valence electrons. The van der Waals surface area contributed by atoms with Gasteiger partial charge in [0, 0.05) is 12.1 Å². The summed E-state index contributed by atoms with van der Waals surface area (Å²) in [6.07, 6.45) is 7.13. The fourth-order valence-electron chi connectivity index (χ4n) is 6.12. The van der Waals surface area contributed by atoms with Crippen LogP contribution < -0.4 is 10.6 Å². The predicted octanol–water partition coefficient (Wildman–Crippen LogP) is 4.94. The van der Waals surface area contributed by atoms with Crippen LogP contribution in [0, 0.1) is 12.8 Å². The molecule has 1 aliphatic heterocycles. The van der Waals surface area contributed by atoms with Crippen LogP contribution in [-0.4, -0.2) is 52.4 Å². The van der Waals surface area contributed by atoms with E-state index in [2.05, 4.69) is 47.0 Å². The molecule has 1 aliphatic carbocycles. The molecule has 1 saturated carbocycles. The van der Waals surface area contributed by atoms with E-state index in [0.717, 1.165) is 60.9 Å². The quantitative estimate of drug-likeness (QED) is 0.467. The van der Waals surface area contributed by atoms with Gasteiger partial charge >= 0.3 is 0 Å². The minimum absolute atomic E-state index is 0.0269. The molecule has 3 aromatic rings. The van der Waals surface area contributed by atoms with Gasteiger partial charge in [0.15, 0.2) is 0 Å². The molecular formula is C31H39N5O2. The van der Waals surface area contributed by atoms with Gasteiger partial charge in [0.25, 0.3) is 0 Å². The van der Waals surface area contributed by atoms with Crippen molar-refractivity contribution >= 4 is 22.6 Å². The zero-order chi connectivity index (χ0) is 26.6. The second-order valence-corrected chi connectivity index (χ2v) is 10.8. The van der Waals surface area contributed by atoms with Crippen molar-refractivity contribution in [1.29, 1.82) is 0 Å². The number of fused-ring (bicyclic) bond motifs is 1. The van der Waals surface area contributed by atoms with Crippen LogP contribution in [-0.2, 0) is 9.59 Å². The average Bonchev–Trinajstić information content (AvgIpc) is 3.45. The number of benzene rings is 2. The second kappa shape index (κ2) is 11.6. The first-order valence-electron chi connectivity index (χ1n) is 14.1. The monoisotopic (exact) mass is 513 g/mol. The largest absolute Gasteiger partial charge is 0.343 e. The van der Waals surface area contributed by atoms with E-state index in [9.17, 15) is 9.59 Å². The van der Waals surface area contributed by atoms with Crippen LogP contribution in [0.2, 0.25) is 0 Å². The van der Waals surface area contributed by atoms with Crippen molar-refractivity contribution in [3.63, 3.8) is 0 Å². The number of nitrogens with one attached hydrogen (secondary N) is 2. The van der Waals surface area contributed by atoms with Crippen molar-refractivity contribution < 1.29 is 9.59 Å². The summed E-state index contributed by atoms with van der Waals surface area (Å²) in [5.74, 6) is 0.774. The van der Waals surface area contributed by atoms with Gasteiger partial charge in [-0.15, -0.1) is 0 Å². The SMILES string of the molecule is CN[C@@H](C)C(=O)N[C@H](C(=O)N1CCC[C@H]1c1cc(-c2cccc3ccccc23)nc(C)n1)C1CCCCC1. The van der Waals surface area contributed by atoms with E-state index in [0.29, 0.717) is 12.4 Å².